The molecule has 6 heteroatoms. The highest BCUT2D eigenvalue weighted by Crippen LogP contribution is 2.33. The van der Waals surface area contributed by atoms with Crippen LogP contribution in [0, 0.1) is 21.4 Å². The van der Waals surface area contributed by atoms with Crippen molar-refractivity contribution in [1.29, 1.82) is 5.26 Å². The first-order valence-corrected chi connectivity index (χ1v) is 6.81. The van der Waals surface area contributed by atoms with Crippen molar-refractivity contribution in [3.8, 4) is 6.07 Å². The molecule has 0 saturated heterocycles. The fourth-order valence-electron chi connectivity index (χ4n) is 2.18. The van der Waals surface area contributed by atoms with Gasteiger partial charge in [-0.3, -0.25) is 14.9 Å². The van der Waals surface area contributed by atoms with Gasteiger partial charge in [0.1, 0.15) is 0 Å². The summed E-state index contributed by atoms with van der Waals surface area (Å²) in [4.78, 5) is 21.7. The average Bonchev–Trinajstić information content (AvgIpc) is 2.49. The molecule has 1 atom stereocenters. The molecule has 1 aromatic rings. The minimum absolute atomic E-state index is 0.0212. The second kappa shape index (κ2) is 7.39. The van der Waals surface area contributed by atoms with E-state index in [0.717, 1.165) is 0 Å². The van der Waals surface area contributed by atoms with E-state index >= 15 is 0 Å². The van der Waals surface area contributed by atoms with E-state index in [-0.39, 0.29) is 18.1 Å². The second-order valence-electron chi connectivity index (χ2n) is 4.66. The van der Waals surface area contributed by atoms with Crippen LogP contribution in [0.15, 0.2) is 24.3 Å². The predicted octanol–water partition coefficient (Wildman–Crippen LogP) is 3.11. The first kappa shape index (κ1) is 16.6. The van der Waals surface area contributed by atoms with Crippen LogP contribution in [0.3, 0.4) is 0 Å². The number of hydrogen-bond acceptors (Lipinski definition) is 5. The van der Waals surface area contributed by atoms with Gasteiger partial charge >= 0.3 is 5.97 Å². The maximum absolute atomic E-state index is 11.5. The molecular weight excluding hydrogens is 272 g/mol. The highest BCUT2D eigenvalue weighted by Gasteiger charge is 2.31. The van der Waals surface area contributed by atoms with E-state index in [2.05, 4.69) is 6.07 Å². The number of carbonyl (C=O) groups excluding carboxylic acids is 1. The lowest BCUT2D eigenvalue weighted by Gasteiger charge is -2.25. The molecule has 0 radical (unpaired) electrons. The molecule has 0 aliphatic carbocycles. The third-order valence-electron chi connectivity index (χ3n) is 3.51. The van der Waals surface area contributed by atoms with E-state index in [0.29, 0.717) is 25.0 Å². The topological polar surface area (TPSA) is 93.2 Å². The monoisotopic (exact) mass is 290 g/mol. The molecule has 21 heavy (non-hydrogen) atoms. The smallest absolute Gasteiger partial charge is 0.305 e. The third kappa shape index (κ3) is 4.02. The van der Waals surface area contributed by atoms with Gasteiger partial charge in [0.15, 0.2) is 0 Å². The van der Waals surface area contributed by atoms with Crippen molar-refractivity contribution in [3.05, 3.63) is 39.9 Å². The molecule has 0 spiro atoms. The first-order valence-electron chi connectivity index (χ1n) is 6.81. The summed E-state index contributed by atoms with van der Waals surface area (Å²) in [6.07, 6.45) is 0.990. The number of ether oxygens (including phenoxy) is 1. The maximum atomic E-state index is 11.5. The second-order valence-corrected chi connectivity index (χ2v) is 4.66. The molecule has 112 valence electrons. The van der Waals surface area contributed by atoms with Crippen molar-refractivity contribution >= 4 is 11.7 Å². The van der Waals surface area contributed by atoms with Crippen LogP contribution in [-0.4, -0.2) is 17.5 Å². The Morgan fingerprint density at radius 3 is 2.43 bits per heavy atom. The van der Waals surface area contributed by atoms with Crippen LogP contribution >= 0.6 is 0 Å². The van der Waals surface area contributed by atoms with Crippen LogP contribution < -0.4 is 0 Å². The molecule has 6 nitrogen and oxygen atoms in total. The van der Waals surface area contributed by atoms with Crippen LogP contribution in [0.5, 0.6) is 0 Å². The Morgan fingerprint density at radius 1 is 1.38 bits per heavy atom. The number of benzene rings is 1. The van der Waals surface area contributed by atoms with Gasteiger partial charge in [0.05, 0.1) is 23.0 Å². The fourth-order valence-corrected chi connectivity index (χ4v) is 2.18. The number of carbonyl (C=O) groups is 1. The van der Waals surface area contributed by atoms with Crippen molar-refractivity contribution in [2.75, 3.05) is 6.61 Å². The Kier molecular flexibility index (Phi) is 5.85. The summed E-state index contributed by atoms with van der Waals surface area (Å²) in [6.45, 7) is 3.89. The van der Waals surface area contributed by atoms with Gasteiger partial charge in [0.25, 0.3) is 5.69 Å². The Labute approximate surface area is 123 Å². The van der Waals surface area contributed by atoms with Crippen molar-refractivity contribution in [1.82, 2.24) is 0 Å². The summed E-state index contributed by atoms with van der Waals surface area (Å²) < 4.78 is 4.88. The summed E-state index contributed by atoms with van der Waals surface area (Å²) in [6, 6.07) is 8.16. The quantitative estimate of drug-likeness (QED) is 0.437. The van der Waals surface area contributed by atoms with Gasteiger partial charge in [0.2, 0.25) is 0 Å². The SMILES string of the molecule is CCOC(=O)CCC(C#N)(CC)c1ccc([N+](=O)[O-])cc1. The normalized spacial score (nSPS) is 13.0. The van der Waals surface area contributed by atoms with E-state index in [9.17, 15) is 20.2 Å². The summed E-state index contributed by atoms with van der Waals surface area (Å²) in [5.74, 6) is -0.340. The van der Waals surface area contributed by atoms with Gasteiger partial charge < -0.3 is 4.74 Å². The lowest BCUT2D eigenvalue weighted by Crippen LogP contribution is -2.24. The lowest BCUT2D eigenvalue weighted by molar-refractivity contribution is -0.384. The van der Waals surface area contributed by atoms with Crippen molar-refractivity contribution in [3.63, 3.8) is 0 Å². The van der Waals surface area contributed by atoms with Gasteiger partial charge in [-0.05, 0) is 25.3 Å². The van der Waals surface area contributed by atoms with Crippen molar-refractivity contribution < 1.29 is 14.5 Å². The maximum Gasteiger partial charge on any atom is 0.305 e. The summed E-state index contributed by atoms with van der Waals surface area (Å²) in [5.41, 5.74) is -0.170. The van der Waals surface area contributed by atoms with Crippen LogP contribution in [0.2, 0.25) is 0 Å². The Hall–Kier alpha value is -2.42. The van der Waals surface area contributed by atoms with Crippen molar-refractivity contribution in [2.24, 2.45) is 0 Å². The first-order chi connectivity index (χ1) is 9.99. The Bertz CT molecular complexity index is 548. The van der Waals surface area contributed by atoms with Crippen LogP contribution in [0.1, 0.15) is 38.7 Å². The lowest BCUT2D eigenvalue weighted by atomic mass is 9.76. The number of nitriles is 1. The summed E-state index contributed by atoms with van der Waals surface area (Å²) in [5, 5.41) is 20.2. The molecule has 0 aliphatic rings. The van der Waals surface area contributed by atoms with E-state index < -0.39 is 10.3 Å². The standard InChI is InChI=1S/C15H18N2O4/c1-3-15(11-16,10-9-14(18)21-4-2)12-5-7-13(8-6-12)17(19)20/h5-8H,3-4,9-10H2,1-2H3. The largest absolute Gasteiger partial charge is 0.466 e. The predicted molar refractivity (Wildman–Crippen MR) is 76.5 cm³/mol. The van der Waals surface area contributed by atoms with Crippen LogP contribution in [0.4, 0.5) is 5.69 Å². The molecule has 0 bridgehead atoms. The van der Waals surface area contributed by atoms with Gasteiger partial charge in [-0.1, -0.05) is 19.1 Å². The summed E-state index contributed by atoms with van der Waals surface area (Å²) >= 11 is 0. The number of nitrogens with zero attached hydrogens (tertiary/aromatic N) is 2. The molecule has 1 unspecified atom stereocenters. The minimum Gasteiger partial charge on any atom is -0.466 e. The minimum atomic E-state index is -0.831. The molecule has 1 aromatic carbocycles. The highest BCUT2D eigenvalue weighted by molar-refractivity contribution is 5.69. The Balaban J connectivity index is 2.96. The van der Waals surface area contributed by atoms with Crippen LogP contribution in [0.25, 0.3) is 0 Å². The van der Waals surface area contributed by atoms with Gasteiger partial charge in [0, 0.05) is 18.6 Å². The van der Waals surface area contributed by atoms with E-state index in [1.807, 2.05) is 6.92 Å². The van der Waals surface area contributed by atoms with Crippen molar-refractivity contribution in [2.45, 2.75) is 38.5 Å². The number of nitro groups is 1. The van der Waals surface area contributed by atoms with Crippen LogP contribution in [-0.2, 0) is 14.9 Å². The zero-order chi connectivity index (χ0) is 15.9. The summed E-state index contributed by atoms with van der Waals surface area (Å²) in [7, 11) is 0. The molecule has 0 aromatic heterocycles. The van der Waals surface area contributed by atoms with Gasteiger partial charge in [-0.2, -0.15) is 5.26 Å². The van der Waals surface area contributed by atoms with Gasteiger partial charge in [-0.15, -0.1) is 0 Å². The van der Waals surface area contributed by atoms with E-state index in [4.69, 9.17) is 4.74 Å². The zero-order valence-corrected chi connectivity index (χ0v) is 12.2. The number of esters is 1. The fraction of sp³-hybridized carbons (Fsp3) is 0.467. The Morgan fingerprint density at radius 2 is 2.00 bits per heavy atom. The van der Waals surface area contributed by atoms with E-state index in [1.54, 1.807) is 19.1 Å². The molecule has 0 N–H and O–H groups in total. The highest BCUT2D eigenvalue weighted by atomic mass is 16.6. The number of non-ortho nitro benzene ring substituents is 1. The number of rotatable bonds is 7. The molecule has 1 rings (SSSR count). The average molecular weight is 290 g/mol. The number of hydrogen-bond donors (Lipinski definition) is 0. The molecule has 0 amide bonds. The molecule has 0 saturated carbocycles. The molecule has 0 aliphatic heterocycles. The van der Waals surface area contributed by atoms with E-state index in [1.165, 1.54) is 12.1 Å². The molecule has 0 fully saturated rings. The molecular formula is C15H18N2O4. The number of nitro benzene ring substituents is 1. The zero-order valence-electron chi connectivity index (χ0n) is 12.2. The molecule has 0 heterocycles. The van der Waals surface area contributed by atoms with Gasteiger partial charge in [-0.25, -0.2) is 0 Å². The third-order valence-corrected chi connectivity index (χ3v) is 3.51.